The standard InChI is InChI=1S/C19H16N2O4S/c1-11(19(24)25)21-18(23)16-17(22)15-8-7-14(9-12(15)10-20-16)26-13-5-3-2-4-6-13/h2-11,22H,1H3,(H,21,23)(H,24,25)/t11-/m0/s1. The molecule has 0 saturated heterocycles. The monoisotopic (exact) mass is 368 g/mol. The van der Waals surface area contributed by atoms with E-state index in [-0.39, 0.29) is 11.4 Å². The highest BCUT2D eigenvalue weighted by Crippen LogP contribution is 2.33. The number of carbonyl (C=O) groups is 2. The van der Waals surface area contributed by atoms with Gasteiger partial charge in [0.25, 0.3) is 5.91 Å². The van der Waals surface area contributed by atoms with Crippen LogP contribution in [0.4, 0.5) is 0 Å². The van der Waals surface area contributed by atoms with Crippen LogP contribution in [0.3, 0.4) is 0 Å². The number of hydrogen-bond donors (Lipinski definition) is 3. The van der Waals surface area contributed by atoms with Gasteiger partial charge in [-0.05, 0) is 37.3 Å². The van der Waals surface area contributed by atoms with Crippen molar-refractivity contribution in [1.82, 2.24) is 10.3 Å². The van der Waals surface area contributed by atoms with Gasteiger partial charge in [0.15, 0.2) is 11.4 Å². The lowest BCUT2D eigenvalue weighted by Crippen LogP contribution is -2.38. The number of carbonyl (C=O) groups excluding carboxylic acids is 1. The molecule has 0 aliphatic heterocycles. The zero-order chi connectivity index (χ0) is 18.7. The number of pyridine rings is 1. The lowest BCUT2D eigenvalue weighted by Gasteiger charge is -2.11. The van der Waals surface area contributed by atoms with Crippen LogP contribution in [0.25, 0.3) is 10.8 Å². The number of amides is 1. The van der Waals surface area contributed by atoms with Crippen molar-refractivity contribution in [2.75, 3.05) is 0 Å². The van der Waals surface area contributed by atoms with E-state index in [4.69, 9.17) is 5.11 Å². The molecular weight excluding hydrogens is 352 g/mol. The molecule has 0 saturated carbocycles. The summed E-state index contributed by atoms with van der Waals surface area (Å²) in [5.74, 6) is -2.17. The molecule has 1 atom stereocenters. The maximum absolute atomic E-state index is 12.1. The lowest BCUT2D eigenvalue weighted by atomic mass is 10.1. The van der Waals surface area contributed by atoms with Crippen LogP contribution in [-0.2, 0) is 4.79 Å². The van der Waals surface area contributed by atoms with Crippen LogP contribution in [-0.4, -0.2) is 33.1 Å². The van der Waals surface area contributed by atoms with Crippen molar-refractivity contribution in [2.45, 2.75) is 22.8 Å². The van der Waals surface area contributed by atoms with Gasteiger partial charge < -0.3 is 15.5 Å². The molecule has 6 nitrogen and oxygen atoms in total. The number of nitrogens with one attached hydrogen (secondary N) is 1. The van der Waals surface area contributed by atoms with E-state index < -0.39 is 17.9 Å². The van der Waals surface area contributed by atoms with Crippen molar-refractivity contribution in [3.63, 3.8) is 0 Å². The Kier molecular flexibility index (Phi) is 5.09. The van der Waals surface area contributed by atoms with Crippen molar-refractivity contribution in [3.8, 4) is 5.75 Å². The fourth-order valence-electron chi connectivity index (χ4n) is 2.37. The Hall–Kier alpha value is -3.06. The number of benzene rings is 2. The topological polar surface area (TPSA) is 99.5 Å². The predicted molar refractivity (Wildman–Crippen MR) is 98.5 cm³/mol. The first kappa shape index (κ1) is 17.8. The third-order valence-electron chi connectivity index (χ3n) is 3.75. The summed E-state index contributed by atoms with van der Waals surface area (Å²) >= 11 is 1.58. The molecule has 2 aromatic carbocycles. The van der Waals surface area contributed by atoms with Gasteiger partial charge in [0, 0.05) is 26.8 Å². The van der Waals surface area contributed by atoms with E-state index in [1.165, 1.54) is 13.1 Å². The molecule has 1 aromatic heterocycles. The minimum absolute atomic E-state index is 0.200. The largest absolute Gasteiger partial charge is 0.505 e. The summed E-state index contributed by atoms with van der Waals surface area (Å²) in [6.07, 6.45) is 1.49. The SMILES string of the molecule is C[C@H](NC(=O)c1ncc2cc(Sc3ccccc3)ccc2c1O)C(=O)O. The molecule has 0 fully saturated rings. The third-order valence-corrected chi connectivity index (χ3v) is 4.74. The molecule has 3 rings (SSSR count). The van der Waals surface area contributed by atoms with Gasteiger partial charge >= 0.3 is 5.97 Å². The van der Waals surface area contributed by atoms with Gasteiger partial charge in [-0.1, -0.05) is 30.0 Å². The Morgan fingerprint density at radius 2 is 1.85 bits per heavy atom. The van der Waals surface area contributed by atoms with E-state index in [9.17, 15) is 14.7 Å². The zero-order valence-electron chi connectivity index (χ0n) is 13.8. The molecular formula is C19H16N2O4S. The van der Waals surface area contributed by atoms with Crippen LogP contribution < -0.4 is 5.32 Å². The first-order valence-electron chi connectivity index (χ1n) is 7.84. The normalized spacial score (nSPS) is 11.9. The number of fused-ring (bicyclic) bond motifs is 1. The van der Waals surface area contributed by atoms with Crippen molar-refractivity contribution in [3.05, 3.63) is 60.4 Å². The summed E-state index contributed by atoms with van der Waals surface area (Å²) < 4.78 is 0. The summed E-state index contributed by atoms with van der Waals surface area (Å²) in [6, 6.07) is 14.2. The highest BCUT2D eigenvalue weighted by molar-refractivity contribution is 7.99. The zero-order valence-corrected chi connectivity index (χ0v) is 14.7. The van der Waals surface area contributed by atoms with E-state index in [0.717, 1.165) is 9.79 Å². The van der Waals surface area contributed by atoms with E-state index in [0.29, 0.717) is 10.8 Å². The molecule has 7 heteroatoms. The van der Waals surface area contributed by atoms with Gasteiger partial charge in [0.2, 0.25) is 0 Å². The van der Waals surface area contributed by atoms with Crippen molar-refractivity contribution < 1.29 is 19.8 Å². The maximum Gasteiger partial charge on any atom is 0.325 e. The molecule has 0 spiro atoms. The van der Waals surface area contributed by atoms with Gasteiger partial charge in [-0.15, -0.1) is 0 Å². The van der Waals surface area contributed by atoms with Crippen LogP contribution in [0.1, 0.15) is 17.4 Å². The fraction of sp³-hybridized carbons (Fsp3) is 0.105. The Morgan fingerprint density at radius 3 is 2.54 bits per heavy atom. The average molecular weight is 368 g/mol. The first-order chi connectivity index (χ1) is 12.5. The Bertz CT molecular complexity index is 976. The van der Waals surface area contributed by atoms with Crippen LogP contribution in [0, 0.1) is 0 Å². The van der Waals surface area contributed by atoms with Crippen LogP contribution in [0.2, 0.25) is 0 Å². The number of aromatic nitrogens is 1. The van der Waals surface area contributed by atoms with Crippen molar-refractivity contribution in [2.24, 2.45) is 0 Å². The lowest BCUT2D eigenvalue weighted by molar-refractivity contribution is -0.138. The number of nitrogens with zero attached hydrogens (tertiary/aromatic N) is 1. The number of carboxylic acid groups (broad SMARTS) is 1. The number of aromatic hydroxyl groups is 1. The molecule has 132 valence electrons. The molecule has 0 unspecified atom stereocenters. The van der Waals surface area contributed by atoms with E-state index in [2.05, 4.69) is 10.3 Å². The molecule has 0 radical (unpaired) electrons. The van der Waals surface area contributed by atoms with Crippen molar-refractivity contribution in [1.29, 1.82) is 0 Å². The molecule has 3 aromatic rings. The van der Waals surface area contributed by atoms with Crippen LogP contribution in [0.15, 0.2) is 64.5 Å². The fourth-order valence-corrected chi connectivity index (χ4v) is 3.25. The summed E-state index contributed by atoms with van der Waals surface area (Å²) in [5.41, 5.74) is -0.200. The van der Waals surface area contributed by atoms with E-state index in [1.807, 2.05) is 42.5 Å². The molecule has 26 heavy (non-hydrogen) atoms. The second kappa shape index (κ2) is 7.45. The number of rotatable bonds is 5. The van der Waals surface area contributed by atoms with Gasteiger partial charge in [-0.3, -0.25) is 9.59 Å². The predicted octanol–water partition coefficient (Wildman–Crippen LogP) is 3.29. The molecule has 0 bridgehead atoms. The molecule has 0 aliphatic carbocycles. The quantitative estimate of drug-likeness (QED) is 0.639. The smallest absolute Gasteiger partial charge is 0.325 e. The Balaban J connectivity index is 1.89. The molecule has 1 heterocycles. The summed E-state index contributed by atoms with van der Waals surface area (Å²) in [6.45, 7) is 1.34. The first-order valence-corrected chi connectivity index (χ1v) is 8.65. The second-order valence-corrected chi connectivity index (χ2v) is 6.80. The van der Waals surface area contributed by atoms with Gasteiger partial charge in [-0.25, -0.2) is 4.98 Å². The number of hydrogen-bond acceptors (Lipinski definition) is 5. The molecule has 0 aliphatic rings. The third kappa shape index (κ3) is 3.78. The maximum atomic E-state index is 12.1. The minimum atomic E-state index is -1.17. The number of carboxylic acids is 1. The highest BCUT2D eigenvalue weighted by atomic mass is 32.2. The van der Waals surface area contributed by atoms with E-state index >= 15 is 0 Å². The molecule has 1 amide bonds. The van der Waals surface area contributed by atoms with Crippen LogP contribution >= 0.6 is 11.8 Å². The van der Waals surface area contributed by atoms with Crippen LogP contribution in [0.5, 0.6) is 5.75 Å². The highest BCUT2D eigenvalue weighted by Gasteiger charge is 2.20. The van der Waals surface area contributed by atoms with Gasteiger partial charge in [0.05, 0.1) is 0 Å². The Labute approximate surface area is 153 Å². The Morgan fingerprint density at radius 1 is 1.12 bits per heavy atom. The van der Waals surface area contributed by atoms with Crippen molar-refractivity contribution >= 4 is 34.4 Å². The summed E-state index contributed by atoms with van der Waals surface area (Å²) in [4.78, 5) is 29.0. The number of aliphatic carboxylic acids is 1. The van der Waals surface area contributed by atoms with E-state index in [1.54, 1.807) is 17.8 Å². The summed E-state index contributed by atoms with van der Waals surface area (Å²) in [5, 5.41) is 22.7. The van der Waals surface area contributed by atoms with Gasteiger partial charge in [-0.2, -0.15) is 0 Å². The minimum Gasteiger partial charge on any atom is -0.505 e. The second-order valence-electron chi connectivity index (χ2n) is 5.65. The average Bonchev–Trinajstić information content (AvgIpc) is 2.62. The van der Waals surface area contributed by atoms with Gasteiger partial charge in [0.1, 0.15) is 6.04 Å². The molecule has 3 N–H and O–H groups in total. The summed E-state index contributed by atoms with van der Waals surface area (Å²) in [7, 11) is 0.